The molecule has 2 heterocycles. The van der Waals surface area contributed by atoms with Gasteiger partial charge in [-0.15, -0.1) is 11.3 Å². The summed E-state index contributed by atoms with van der Waals surface area (Å²) < 4.78 is 4.73. The summed E-state index contributed by atoms with van der Waals surface area (Å²) in [6.45, 7) is 0.931. The van der Waals surface area contributed by atoms with E-state index in [9.17, 15) is 9.59 Å². The monoisotopic (exact) mass is 307 g/mol. The van der Waals surface area contributed by atoms with E-state index in [0.717, 1.165) is 4.88 Å². The predicted octanol–water partition coefficient (Wildman–Crippen LogP) is 1.12. The van der Waals surface area contributed by atoms with Crippen LogP contribution in [0.3, 0.4) is 0 Å². The molecular formula is C15H17NO4S. The molecule has 0 unspecified atom stereocenters. The molecule has 2 rings (SSSR count). The molecule has 6 heteroatoms. The Morgan fingerprint density at radius 2 is 2.19 bits per heavy atom. The highest BCUT2D eigenvalue weighted by Crippen LogP contribution is 2.22. The van der Waals surface area contributed by atoms with E-state index in [1.165, 1.54) is 18.4 Å². The van der Waals surface area contributed by atoms with Gasteiger partial charge in [-0.25, -0.2) is 0 Å². The molecule has 0 aliphatic carbocycles. The zero-order valence-corrected chi connectivity index (χ0v) is 12.6. The Morgan fingerprint density at radius 3 is 2.81 bits per heavy atom. The van der Waals surface area contributed by atoms with Gasteiger partial charge in [-0.05, 0) is 18.9 Å². The Morgan fingerprint density at radius 1 is 1.48 bits per heavy atom. The maximum atomic E-state index is 12.4. The number of hydrogen-bond donors (Lipinski definition) is 1. The van der Waals surface area contributed by atoms with Gasteiger partial charge in [0, 0.05) is 18.5 Å². The molecule has 5 nitrogen and oxygen atoms in total. The van der Waals surface area contributed by atoms with Crippen LogP contribution in [-0.2, 0) is 9.53 Å². The molecule has 0 radical (unpaired) electrons. The van der Waals surface area contributed by atoms with Gasteiger partial charge in [-0.3, -0.25) is 9.59 Å². The molecule has 0 spiro atoms. The first-order chi connectivity index (χ1) is 10.2. The van der Waals surface area contributed by atoms with Crippen molar-refractivity contribution in [2.24, 2.45) is 5.92 Å². The van der Waals surface area contributed by atoms with Crippen LogP contribution in [-0.4, -0.2) is 48.7 Å². The number of hydrogen-bond acceptors (Lipinski definition) is 5. The zero-order chi connectivity index (χ0) is 15.2. The van der Waals surface area contributed by atoms with E-state index in [0.29, 0.717) is 31.5 Å². The summed E-state index contributed by atoms with van der Waals surface area (Å²) >= 11 is 1.38. The van der Waals surface area contributed by atoms with Crippen LogP contribution in [0.5, 0.6) is 0 Å². The number of methoxy groups -OCH3 is 1. The molecule has 1 aromatic heterocycles. The number of amides is 1. The van der Waals surface area contributed by atoms with Crippen molar-refractivity contribution in [3.05, 3.63) is 21.9 Å². The largest absolute Gasteiger partial charge is 0.469 e. The SMILES string of the molecule is COC(=O)C1CCN(C(=O)c2csc(C#CCO)c2)CC1. The summed E-state index contributed by atoms with van der Waals surface area (Å²) in [6.07, 6.45) is 1.28. The number of carbonyl (C=O) groups is 2. The van der Waals surface area contributed by atoms with Crippen LogP contribution >= 0.6 is 11.3 Å². The Bertz CT molecular complexity index is 576. The summed E-state index contributed by atoms with van der Waals surface area (Å²) in [5.41, 5.74) is 0.610. The summed E-state index contributed by atoms with van der Waals surface area (Å²) in [4.78, 5) is 26.3. The van der Waals surface area contributed by atoms with Crippen LogP contribution in [0.4, 0.5) is 0 Å². The first-order valence-corrected chi connectivity index (χ1v) is 7.59. The fourth-order valence-corrected chi connectivity index (χ4v) is 3.06. The van der Waals surface area contributed by atoms with Crippen LogP contribution in [0.1, 0.15) is 28.1 Å². The number of piperidine rings is 1. The number of thiophene rings is 1. The lowest BCUT2D eigenvalue weighted by molar-refractivity contribution is -0.146. The van der Waals surface area contributed by atoms with Crippen LogP contribution in [0.25, 0.3) is 0 Å². The van der Waals surface area contributed by atoms with Crippen molar-refractivity contribution in [2.75, 3.05) is 26.8 Å². The second-order valence-electron chi connectivity index (χ2n) is 4.75. The Kier molecular flexibility index (Phi) is 5.37. The summed E-state index contributed by atoms with van der Waals surface area (Å²) in [5, 5.41) is 10.4. The Balaban J connectivity index is 1.95. The number of ether oxygens (including phenoxy) is 1. The number of aliphatic hydroxyl groups is 1. The molecule has 1 amide bonds. The van der Waals surface area contributed by atoms with Gasteiger partial charge >= 0.3 is 5.97 Å². The number of likely N-dealkylation sites (tertiary alicyclic amines) is 1. The van der Waals surface area contributed by atoms with E-state index < -0.39 is 0 Å². The highest BCUT2D eigenvalue weighted by molar-refractivity contribution is 7.10. The zero-order valence-electron chi connectivity index (χ0n) is 11.8. The second kappa shape index (κ2) is 7.25. The van der Waals surface area contributed by atoms with Gasteiger partial charge in [0.05, 0.1) is 23.5 Å². The van der Waals surface area contributed by atoms with Gasteiger partial charge in [0.2, 0.25) is 0 Å². The van der Waals surface area contributed by atoms with Gasteiger partial charge < -0.3 is 14.7 Å². The van der Waals surface area contributed by atoms with Gasteiger partial charge in [0.25, 0.3) is 5.91 Å². The molecule has 1 fully saturated rings. The minimum atomic E-state index is -0.195. The maximum Gasteiger partial charge on any atom is 0.308 e. The van der Waals surface area contributed by atoms with Gasteiger partial charge in [0.15, 0.2) is 0 Å². The highest BCUT2D eigenvalue weighted by Gasteiger charge is 2.28. The van der Waals surface area contributed by atoms with E-state index in [2.05, 4.69) is 11.8 Å². The molecule has 21 heavy (non-hydrogen) atoms. The van der Waals surface area contributed by atoms with E-state index >= 15 is 0 Å². The molecular weight excluding hydrogens is 290 g/mol. The van der Waals surface area contributed by atoms with Crippen LogP contribution < -0.4 is 0 Å². The number of esters is 1. The normalized spacial score (nSPS) is 15.2. The molecule has 1 saturated heterocycles. The maximum absolute atomic E-state index is 12.4. The average Bonchev–Trinajstić information content (AvgIpc) is 3.00. The lowest BCUT2D eigenvalue weighted by Gasteiger charge is -2.30. The smallest absolute Gasteiger partial charge is 0.308 e. The number of rotatable bonds is 2. The molecule has 0 bridgehead atoms. The Hall–Kier alpha value is -1.84. The Labute approximate surface area is 127 Å². The molecule has 0 saturated carbocycles. The van der Waals surface area contributed by atoms with E-state index in [1.807, 2.05) is 0 Å². The molecule has 1 aliphatic rings. The van der Waals surface area contributed by atoms with Gasteiger partial charge in [0.1, 0.15) is 6.61 Å². The van der Waals surface area contributed by atoms with Crippen molar-refractivity contribution in [1.29, 1.82) is 0 Å². The van der Waals surface area contributed by atoms with Gasteiger partial charge in [-0.1, -0.05) is 11.8 Å². The molecule has 1 aromatic rings. The minimum absolute atomic E-state index is 0.0355. The summed E-state index contributed by atoms with van der Waals surface area (Å²) in [6, 6.07) is 1.74. The number of nitrogens with zero attached hydrogens (tertiary/aromatic N) is 1. The van der Waals surface area contributed by atoms with Crippen LogP contribution in [0.15, 0.2) is 11.4 Å². The molecule has 112 valence electrons. The molecule has 1 N–H and O–H groups in total. The third kappa shape index (κ3) is 3.84. The summed E-state index contributed by atoms with van der Waals surface area (Å²) in [7, 11) is 1.39. The first-order valence-electron chi connectivity index (χ1n) is 6.71. The number of carbonyl (C=O) groups excluding carboxylic acids is 2. The first kappa shape index (κ1) is 15.5. The topological polar surface area (TPSA) is 66.8 Å². The lowest BCUT2D eigenvalue weighted by atomic mass is 9.96. The summed E-state index contributed by atoms with van der Waals surface area (Å²) in [5.74, 6) is 5.01. The van der Waals surface area contributed by atoms with E-state index in [-0.39, 0.29) is 24.4 Å². The standard InChI is InChI=1S/C15H17NO4S/c1-20-15(19)11-4-6-16(7-5-11)14(18)12-9-13(21-10-12)3-2-8-17/h9-11,17H,4-8H2,1H3. The van der Waals surface area contributed by atoms with Crippen LogP contribution in [0, 0.1) is 17.8 Å². The van der Waals surface area contributed by atoms with E-state index in [4.69, 9.17) is 9.84 Å². The van der Waals surface area contributed by atoms with Gasteiger partial charge in [-0.2, -0.15) is 0 Å². The van der Waals surface area contributed by atoms with Crippen molar-refractivity contribution in [2.45, 2.75) is 12.8 Å². The quantitative estimate of drug-likeness (QED) is 0.657. The highest BCUT2D eigenvalue weighted by atomic mass is 32.1. The molecule has 1 aliphatic heterocycles. The fraction of sp³-hybridized carbons (Fsp3) is 0.467. The van der Waals surface area contributed by atoms with Crippen molar-refractivity contribution < 1.29 is 19.4 Å². The lowest BCUT2D eigenvalue weighted by Crippen LogP contribution is -2.40. The number of aliphatic hydroxyl groups excluding tert-OH is 1. The fourth-order valence-electron chi connectivity index (χ4n) is 2.31. The van der Waals surface area contributed by atoms with E-state index in [1.54, 1.807) is 16.3 Å². The van der Waals surface area contributed by atoms with Crippen molar-refractivity contribution in [3.63, 3.8) is 0 Å². The molecule has 0 atom stereocenters. The van der Waals surface area contributed by atoms with Crippen molar-refractivity contribution in [1.82, 2.24) is 4.90 Å². The minimum Gasteiger partial charge on any atom is -0.469 e. The third-order valence-corrected chi connectivity index (χ3v) is 4.30. The van der Waals surface area contributed by atoms with Crippen molar-refractivity contribution in [3.8, 4) is 11.8 Å². The third-order valence-electron chi connectivity index (χ3n) is 3.45. The molecule has 0 aromatic carbocycles. The predicted molar refractivity (Wildman–Crippen MR) is 78.9 cm³/mol. The average molecular weight is 307 g/mol. The van der Waals surface area contributed by atoms with Crippen molar-refractivity contribution >= 4 is 23.2 Å². The van der Waals surface area contributed by atoms with Crippen LogP contribution in [0.2, 0.25) is 0 Å². The second-order valence-corrected chi connectivity index (χ2v) is 5.66.